The van der Waals surface area contributed by atoms with Gasteiger partial charge in [0, 0.05) is 25.2 Å². The van der Waals surface area contributed by atoms with Crippen LogP contribution in [0.25, 0.3) is 0 Å². The van der Waals surface area contributed by atoms with Crippen molar-refractivity contribution in [2.24, 2.45) is 5.92 Å². The van der Waals surface area contributed by atoms with Gasteiger partial charge in [-0.2, -0.15) is 0 Å². The first-order valence-electron chi connectivity index (χ1n) is 6.27. The molecule has 0 radical (unpaired) electrons. The van der Waals surface area contributed by atoms with Crippen molar-refractivity contribution in [3.63, 3.8) is 0 Å². The molecule has 0 aromatic heterocycles. The second kappa shape index (κ2) is 4.63. The minimum absolute atomic E-state index is 0.786. The average Bonchev–Trinajstić information content (AvgIpc) is 2.76. The summed E-state index contributed by atoms with van der Waals surface area (Å²) in [5.74, 6) is 0.918. The Bertz CT molecular complexity index is 175. The number of nitrogens with zero attached hydrogens (tertiary/aromatic N) is 1. The number of rotatable bonds is 3. The minimum Gasteiger partial charge on any atom is -0.313 e. The van der Waals surface area contributed by atoms with Crippen LogP contribution in [0.3, 0.4) is 0 Å². The lowest BCUT2D eigenvalue weighted by Crippen LogP contribution is -2.40. The first-order chi connectivity index (χ1) is 6.79. The molecule has 0 bridgehead atoms. The average molecular weight is 196 g/mol. The molecule has 0 aromatic carbocycles. The molecule has 0 aromatic rings. The van der Waals surface area contributed by atoms with E-state index in [4.69, 9.17) is 0 Å². The van der Waals surface area contributed by atoms with Gasteiger partial charge in [0.15, 0.2) is 0 Å². The lowest BCUT2D eigenvalue weighted by Gasteiger charge is -2.26. The molecule has 2 saturated heterocycles. The molecule has 2 aliphatic rings. The number of likely N-dealkylation sites (tertiary alicyclic amines) is 1. The molecule has 0 spiro atoms. The largest absolute Gasteiger partial charge is 0.313 e. The molecule has 2 fully saturated rings. The fraction of sp³-hybridized carbons (Fsp3) is 1.00. The van der Waals surface area contributed by atoms with Gasteiger partial charge in [-0.15, -0.1) is 0 Å². The van der Waals surface area contributed by atoms with Crippen LogP contribution in [0.15, 0.2) is 0 Å². The van der Waals surface area contributed by atoms with Gasteiger partial charge in [0.25, 0.3) is 0 Å². The molecular weight excluding hydrogens is 172 g/mol. The van der Waals surface area contributed by atoms with Crippen LogP contribution in [-0.4, -0.2) is 36.6 Å². The Morgan fingerprint density at radius 2 is 2.29 bits per heavy atom. The predicted octanol–water partition coefficient (Wildman–Crippen LogP) is 1.86. The van der Waals surface area contributed by atoms with E-state index < -0.39 is 0 Å². The molecule has 1 N–H and O–H groups in total. The smallest absolute Gasteiger partial charge is 0.0195 e. The summed E-state index contributed by atoms with van der Waals surface area (Å²) in [6.07, 6.45) is 5.52. The maximum absolute atomic E-state index is 3.60. The molecule has 2 heterocycles. The Morgan fingerprint density at radius 3 is 2.93 bits per heavy atom. The van der Waals surface area contributed by atoms with E-state index in [1.807, 2.05) is 0 Å². The zero-order chi connectivity index (χ0) is 9.97. The van der Waals surface area contributed by atoms with Crippen molar-refractivity contribution in [1.82, 2.24) is 10.2 Å². The van der Waals surface area contributed by atoms with E-state index in [1.54, 1.807) is 0 Å². The maximum atomic E-state index is 3.60. The highest BCUT2D eigenvalue weighted by Gasteiger charge is 2.30. The van der Waals surface area contributed by atoms with Crippen LogP contribution in [0.4, 0.5) is 0 Å². The van der Waals surface area contributed by atoms with Gasteiger partial charge in [0.05, 0.1) is 0 Å². The van der Waals surface area contributed by atoms with Crippen molar-refractivity contribution in [2.45, 2.75) is 51.6 Å². The zero-order valence-electron chi connectivity index (χ0n) is 9.63. The molecule has 0 aliphatic carbocycles. The molecule has 82 valence electrons. The van der Waals surface area contributed by atoms with Gasteiger partial charge < -0.3 is 5.32 Å². The minimum atomic E-state index is 0.786. The standard InChI is InChI=1S/C12H24N2/c1-3-12-7-10(2)8-14(12)9-11-5-4-6-13-11/h10-13H,3-9H2,1-2H3. The molecule has 14 heavy (non-hydrogen) atoms. The first-order valence-corrected chi connectivity index (χ1v) is 6.27. The van der Waals surface area contributed by atoms with Crippen LogP contribution >= 0.6 is 0 Å². The van der Waals surface area contributed by atoms with Crippen LogP contribution in [0.5, 0.6) is 0 Å². The number of hydrogen-bond donors (Lipinski definition) is 1. The Labute approximate surface area is 88.1 Å². The third-order valence-corrected chi connectivity index (χ3v) is 3.83. The topological polar surface area (TPSA) is 15.3 Å². The molecule has 2 aliphatic heterocycles. The fourth-order valence-electron chi connectivity index (χ4n) is 3.08. The van der Waals surface area contributed by atoms with Gasteiger partial charge >= 0.3 is 0 Å². The van der Waals surface area contributed by atoms with Crippen molar-refractivity contribution in [3.05, 3.63) is 0 Å². The normalized spacial score (nSPS) is 39.4. The van der Waals surface area contributed by atoms with Crippen LogP contribution in [0.1, 0.15) is 39.5 Å². The van der Waals surface area contributed by atoms with E-state index in [1.165, 1.54) is 45.3 Å². The molecule has 0 saturated carbocycles. The van der Waals surface area contributed by atoms with E-state index in [0.717, 1.165) is 18.0 Å². The summed E-state index contributed by atoms with van der Waals surface area (Å²) in [5.41, 5.74) is 0. The molecule has 3 atom stereocenters. The van der Waals surface area contributed by atoms with E-state index >= 15 is 0 Å². The molecule has 2 nitrogen and oxygen atoms in total. The van der Waals surface area contributed by atoms with E-state index in [0.29, 0.717) is 0 Å². The quantitative estimate of drug-likeness (QED) is 0.741. The first kappa shape index (κ1) is 10.4. The molecule has 3 unspecified atom stereocenters. The third kappa shape index (κ3) is 2.29. The molecular formula is C12H24N2. The van der Waals surface area contributed by atoms with Crippen molar-refractivity contribution in [1.29, 1.82) is 0 Å². The number of nitrogens with one attached hydrogen (secondary N) is 1. The summed E-state index contributed by atoms with van der Waals surface area (Å²) in [4.78, 5) is 2.72. The summed E-state index contributed by atoms with van der Waals surface area (Å²) in [6, 6.07) is 1.65. The van der Waals surface area contributed by atoms with Gasteiger partial charge in [-0.05, 0) is 38.1 Å². The van der Waals surface area contributed by atoms with Crippen molar-refractivity contribution >= 4 is 0 Å². The van der Waals surface area contributed by atoms with Gasteiger partial charge in [-0.1, -0.05) is 13.8 Å². The summed E-state index contributed by atoms with van der Waals surface area (Å²) < 4.78 is 0. The molecule has 2 heteroatoms. The zero-order valence-corrected chi connectivity index (χ0v) is 9.63. The Hall–Kier alpha value is -0.0800. The highest BCUT2D eigenvalue weighted by molar-refractivity contribution is 4.87. The Balaban J connectivity index is 1.83. The lowest BCUT2D eigenvalue weighted by atomic mass is 10.1. The van der Waals surface area contributed by atoms with E-state index in [-0.39, 0.29) is 0 Å². The van der Waals surface area contributed by atoms with Crippen LogP contribution in [0, 0.1) is 5.92 Å². The third-order valence-electron chi connectivity index (χ3n) is 3.83. The predicted molar refractivity (Wildman–Crippen MR) is 60.5 cm³/mol. The Kier molecular flexibility index (Phi) is 3.45. The summed E-state index contributed by atoms with van der Waals surface area (Å²) >= 11 is 0. The van der Waals surface area contributed by atoms with Crippen molar-refractivity contribution < 1.29 is 0 Å². The highest BCUT2D eigenvalue weighted by atomic mass is 15.2. The van der Waals surface area contributed by atoms with Crippen LogP contribution in [0.2, 0.25) is 0 Å². The Morgan fingerprint density at radius 1 is 1.43 bits per heavy atom. The summed E-state index contributed by atoms with van der Waals surface area (Å²) in [6.45, 7) is 8.59. The summed E-state index contributed by atoms with van der Waals surface area (Å²) in [5, 5.41) is 3.60. The number of hydrogen-bond acceptors (Lipinski definition) is 2. The van der Waals surface area contributed by atoms with Crippen LogP contribution < -0.4 is 5.32 Å². The summed E-state index contributed by atoms with van der Waals surface area (Å²) in [7, 11) is 0. The van der Waals surface area contributed by atoms with Gasteiger partial charge in [0.2, 0.25) is 0 Å². The molecule has 0 amide bonds. The van der Waals surface area contributed by atoms with Gasteiger partial charge in [-0.3, -0.25) is 4.90 Å². The van der Waals surface area contributed by atoms with Crippen LogP contribution in [-0.2, 0) is 0 Å². The van der Waals surface area contributed by atoms with E-state index in [2.05, 4.69) is 24.1 Å². The highest BCUT2D eigenvalue weighted by Crippen LogP contribution is 2.25. The van der Waals surface area contributed by atoms with Crippen molar-refractivity contribution in [3.8, 4) is 0 Å². The van der Waals surface area contributed by atoms with Crippen molar-refractivity contribution in [2.75, 3.05) is 19.6 Å². The second-order valence-electron chi connectivity index (χ2n) is 5.15. The molecule has 2 rings (SSSR count). The second-order valence-corrected chi connectivity index (χ2v) is 5.15. The SMILES string of the molecule is CCC1CC(C)CN1CC1CCCN1. The fourth-order valence-corrected chi connectivity index (χ4v) is 3.08. The maximum Gasteiger partial charge on any atom is 0.0195 e. The van der Waals surface area contributed by atoms with Gasteiger partial charge in [0.1, 0.15) is 0 Å². The lowest BCUT2D eigenvalue weighted by molar-refractivity contribution is 0.224. The van der Waals surface area contributed by atoms with Gasteiger partial charge in [-0.25, -0.2) is 0 Å². The monoisotopic (exact) mass is 196 g/mol. The van der Waals surface area contributed by atoms with E-state index in [9.17, 15) is 0 Å².